The molecule has 0 amide bonds. The third-order valence-corrected chi connectivity index (χ3v) is 3.96. The molecule has 0 bridgehead atoms. The van der Waals surface area contributed by atoms with Crippen LogP contribution < -0.4 is 10.1 Å². The van der Waals surface area contributed by atoms with Crippen molar-refractivity contribution in [3.63, 3.8) is 0 Å². The first-order chi connectivity index (χ1) is 9.36. The molecule has 0 saturated heterocycles. The van der Waals surface area contributed by atoms with E-state index in [0.29, 0.717) is 12.6 Å². The van der Waals surface area contributed by atoms with Crippen molar-refractivity contribution in [1.82, 2.24) is 15.5 Å². The van der Waals surface area contributed by atoms with Crippen molar-refractivity contribution in [1.29, 1.82) is 0 Å². The number of nitrogens with zero attached hydrogens (tertiary/aromatic N) is 2. The van der Waals surface area contributed by atoms with Gasteiger partial charge in [-0.3, -0.25) is 0 Å². The Bertz CT molecular complexity index is 551. The van der Waals surface area contributed by atoms with E-state index in [-0.39, 0.29) is 0 Å². The molecule has 0 atom stereocenters. The second-order valence-electron chi connectivity index (χ2n) is 4.59. The first-order valence-electron chi connectivity index (χ1n) is 6.64. The lowest BCUT2D eigenvalue weighted by molar-refractivity contribution is 0.341. The van der Waals surface area contributed by atoms with Crippen LogP contribution in [0.2, 0.25) is 0 Å². The van der Waals surface area contributed by atoms with E-state index in [4.69, 9.17) is 4.74 Å². The highest BCUT2D eigenvalue weighted by atomic mass is 32.1. The van der Waals surface area contributed by atoms with Gasteiger partial charge in [0.15, 0.2) is 5.01 Å². The smallest absolute Gasteiger partial charge is 0.151 e. The fourth-order valence-electron chi connectivity index (χ4n) is 1.88. The highest BCUT2D eigenvalue weighted by Gasteiger charge is 2.21. The molecule has 1 aromatic carbocycles. The van der Waals surface area contributed by atoms with Gasteiger partial charge < -0.3 is 10.1 Å². The van der Waals surface area contributed by atoms with Crippen LogP contribution in [0, 0.1) is 0 Å². The van der Waals surface area contributed by atoms with E-state index < -0.39 is 0 Å². The van der Waals surface area contributed by atoms with E-state index in [1.807, 2.05) is 31.2 Å². The Balaban J connectivity index is 1.77. The molecule has 0 radical (unpaired) electrons. The van der Waals surface area contributed by atoms with Crippen LogP contribution in [0.5, 0.6) is 5.75 Å². The number of ether oxygens (including phenoxy) is 1. The minimum absolute atomic E-state index is 0.659. The standard InChI is InChI=1S/C14H17N3OS/c1-2-18-12-6-4-3-5-11(12)14-17-16-13(19-14)9-15-10-7-8-10/h3-6,10,15H,2,7-9H2,1H3. The van der Waals surface area contributed by atoms with E-state index >= 15 is 0 Å². The van der Waals surface area contributed by atoms with Crippen LogP contribution in [-0.2, 0) is 6.54 Å². The fraction of sp³-hybridized carbons (Fsp3) is 0.429. The van der Waals surface area contributed by atoms with Crippen LogP contribution >= 0.6 is 11.3 Å². The molecule has 1 aliphatic carbocycles. The molecule has 5 heteroatoms. The van der Waals surface area contributed by atoms with Crippen LogP contribution in [0.3, 0.4) is 0 Å². The van der Waals surface area contributed by atoms with Crippen molar-refractivity contribution < 1.29 is 4.74 Å². The molecule has 4 nitrogen and oxygen atoms in total. The van der Waals surface area contributed by atoms with E-state index in [2.05, 4.69) is 15.5 Å². The lowest BCUT2D eigenvalue weighted by Crippen LogP contribution is -2.14. The molecule has 1 fully saturated rings. The molecule has 1 N–H and O–H groups in total. The summed E-state index contributed by atoms with van der Waals surface area (Å²) in [6.07, 6.45) is 2.58. The average molecular weight is 275 g/mol. The maximum absolute atomic E-state index is 5.63. The Morgan fingerprint density at radius 3 is 2.95 bits per heavy atom. The summed E-state index contributed by atoms with van der Waals surface area (Å²) in [5, 5.41) is 13.9. The van der Waals surface area contributed by atoms with Crippen molar-refractivity contribution in [2.45, 2.75) is 32.4 Å². The fourth-order valence-corrected chi connectivity index (χ4v) is 2.70. The first kappa shape index (κ1) is 12.6. The van der Waals surface area contributed by atoms with E-state index in [0.717, 1.165) is 27.9 Å². The Kier molecular flexibility index (Phi) is 3.75. The number of benzene rings is 1. The second kappa shape index (κ2) is 5.67. The number of nitrogens with one attached hydrogen (secondary N) is 1. The molecule has 100 valence electrons. The molecule has 1 saturated carbocycles. The predicted molar refractivity (Wildman–Crippen MR) is 76.4 cm³/mol. The normalized spacial score (nSPS) is 14.6. The van der Waals surface area contributed by atoms with Crippen LogP contribution in [-0.4, -0.2) is 22.8 Å². The van der Waals surface area contributed by atoms with Gasteiger partial charge in [0.05, 0.1) is 12.2 Å². The van der Waals surface area contributed by atoms with Gasteiger partial charge in [0, 0.05) is 12.6 Å². The zero-order chi connectivity index (χ0) is 13.1. The van der Waals surface area contributed by atoms with Gasteiger partial charge in [0.1, 0.15) is 10.8 Å². The van der Waals surface area contributed by atoms with Gasteiger partial charge in [-0.05, 0) is 31.9 Å². The third kappa shape index (κ3) is 3.11. The van der Waals surface area contributed by atoms with E-state index in [9.17, 15) is 0 Å². The van der Waals surface area contributed by atoms with E-state index in [1.54, 1.807) is 11.3 Å². The summed E-state index contributed by atoms with van der Waals surface area (Å²) in [7, 11) is 0. The summed E-state index contributed by atoms with van der Waals surface area (Å²) in [5.41, 5.74) is 1.03. The summed E-state index contributed by atoms with van der Waals surface area (Å²) in [6.45, 7) is 3.47. The molecular formula is C14H17N3OS. The van der Waals surface area contributed by atoms with Crippen LogP contribution in [0.4, 0.5) is 0 Å². The Morgan fingerprint density at radius 1 is 1.32 bits per heavy atom. The molecule has 1 aromatic heterocycles. The predicted octanol–water partition coefficient (Wildman–Crippen LogP) is 2.86. The molecule has 0 aliphatic heterocycles. The molecule has 1 heterocycles. The van der Waals surface area contributed by atoms with Gasteiger partial charge in [-0.25, -0.2) is 0 Å². The van der Waals surface area contributed by atoms with Crippen LogP contribution in [0.25, 0.3) is 10.6 Å². The molecule has 1 aliphatic rings. The number of hydrogen-bond donors (Lipinski definition) is 1. The summed E-state index contributed by atoms with van der Waals surface area (Å²) >= 11 is 1.63. The minimum atomic E-state index is 0.659. The van der Waals surface area contributed by atoms with Crippen molar-refractivity contribution in [3.8, 4) is 16.3 Å². The first-order valence-corrected chi connectivity index (χ1v) is 7.46. The number of aromatic nitrogens is 2. The maximum Gasteiger partial charge on any atom is 0.151 e. The largest absolute Gasteiger partial charge is 0.493 e. The summed E-state index contributed by atoms with van der Waals surface area (Å²) in [5.74, 6) is 0.878. The van der Waals surface area contributed by atoms with Crippen molar-refractivity contribution in [2.75, 3.05) is 6.61 Å². The number of para-hydroxylation sites is 1. The van der Waals surface area contributed by atoms with Crippen LogP contribution in [0.15, 0.2) is 24.3 Å². The molecule has 19 heavy (non-hydrogen) atoms. The zero-order valence-corrected chi connectivity index (χ0v) is 11.7. The van der Waals surface area contributed by atoms with Gasteiger partial charge in [-0.15, -0.1) is 10.2 Å². The summed E-state index contributed by atoms with van der Waals surface area (Å²) in [4.78, 5) is 0. The third-order valence-electron chi connectivity index (χ3n) is 3.00. The van der Waals surface area contributed by atoms with Crippen molar-refractivity contribution >= 4 is 11.3 Å². The van der Waals surface area contributed by atoms with E-state index in [1.165, 1.54) is 12.8 Å². The van der Waals surface area contributed by atoms with Gasteiger partial charge in [0.25, 0.3) is 0 Å². The highest BCUT2D eigenvalue weighted by Crippen LogP contribution is 2.32. The zero-order valence-electron chi connectivity index (χ0n) is 10.9. The molecule has 0 unspecified atom stereocenters. The Hall–Kier alpha value is -1.46. The lowest BCUT2D eigenvalue weighted by Gasteiger charge is -2.06. The second-order valence-corrected chi connectivity index (χ2v) is 5.65. The lowest BCUT2D eigenvalue weighted by atomic mass is 10.2. The Morgan fingerprint density at radius 2 is 2.16 bits per heavy atom. The van der Waals surface area contributed by atoms with Crippen LogP contribution in [0.1, 0.15) is 24.8 Å². The summed E-state index contributed by atoms with van der Waals surface area (Å²) < 4.78 is 5.63. The quantitative estimate of drug-likeness (QED) is 0.880. The molecular weight excluding hydrogens is 258 g/mol. The van der Waals surface area contributed by atoms with Crippen molar-refractivity contribution in [3.05, 3.63) is 29.3 Å². The van der Waals surface area contributed by atoms with Gasteiger partial charge in [0.2, 0.25) is 0 Å². The van der Waals surface area contributed by atoms with Gasteiger partial charge in [-0.2, -0.15) is 0 Å². The SMILES string of the molecule is CCOc1ccccc1-c1nnc(CNC2CC2)s1. The molecule has 2 aromatic rings. The maximum atomic E-state index is 5.63. The molecule has 0 spiro atoms. The molecule has 3 rings (SSSR count). The average Bonchev–Trinajstić information content (AvgIpc) is 3.15. The number of rotatable bonds is 6. The van der Waals surface area contributed by atoms with Crippen molar-refractivity contribution in [2.24, 2.45) is 0 Å². The highest BCUT2D eigenvalue weighted by molar-refractivity contribution is 7.14. The van der Waals surface area contributed by atoms with Gasteiger partial charge in [-0.1, -0.05) is 23.5 Å². The minimum Gasteiger partial charge on any atom is -0.493 e. The summed E-state index contributed by atoms with van der Waals surface area (Å²) in [6, 6.07) is 8.68. The van der Waals surface area contributed by atoms with Gasteiger partial charge >= 0.3 is 0 Å². The monoisotopic (exact) mass is 275 g/mol. The number of hydrogen-bond acceptors (Lipinski definition) is 5. The topological polar surface area (TPSA) is 47.0 Å². The Labute approximate surface area is 116 Å².